The summed E-state index contributed by atoms with van der Waals surface area (Å²) in [6.45, 7) is -0.252. The zero-order chi connectivity index (χ0) is 13.0. The lowest BCUT2D eigenvalue weighted by Crippen LogP contribution is -2.06. The molecule has 0 aliphatic rings. The minimum Gasteiger partial charge on any atom is -0.438 e. The van der Waals surface area contributed by atoms with Crippen molar-refractivity contribution in [1.29, 1.82) is 0 Å². The summed E-state index contributed by atoms with van der Waals surface area (Å²) in [5.74, 6) is 0.788. The normalized spacial score (nSPS) is 11.1. The fraction of sp³-hybridized carbons (Fsp3) is 0.308. The van der Waals surface area contributed by atoms with Gasteiger partial charge in [0.05, 0.1) is 0 Å². The first kappa shape index (κ1) is 12.8. The Morgan fingerprint density at radius 3 is 2.44 bits per heavy atom. The van der Waals surface area contributed by atoms with Gasteiger partial charge in [0.2, 0.25) is 12.2 Å². The fourth-order valence-corrected chi connectivity index (χ4v) is 1.68. The van der Waals surface area contributed by atoms with Crippen molar-refractivity contribution in [2.45, 2.75) is 12.9 Å². The Balaban J connectivity index is 2.41. The molecule has 2 rings (SSSR count). The monoisotopic (exact) mass is 249 g/mol. The van der Waals surface area contributed by atoms with Crippen molar-refractivity contribution in [2.24, 2.45) is 0 Å². The highest BCUT2D eigenvalue weighted by atomic mass is 16.7. The van der Waals surface area contributed by atoms with Crippen molar-refractivity contribution in [2.75, 3.05) is 14.2 Å². The number of nitrogens with zero attached hydrogens (tertiary/aromatic N) is 1. The Kier molecular flexibility index (Phi) is 4.09. The summed E-state index contributed by atoms with van der Waals surface area (Å²) < 4.78 is 15.8. The number of aliphatic hydroxyl groups excluding tert-OH is 1. The van der Waals surface area contributed by atoms with Gasteiger partial charge >= 0.3 is 0 Å². The minimum absolute atomic E-state index is 0.252. The average Bonchev–Trinajstić information content (AvgIpc) is 2.85. The first-order valence-corrected chi connectivity index (χ1v) is 5.51. The molecule has 0 atom stereocenters. The number of aromatic nitrogens is 1. The maximum atomic E-state index is 9.27. The lowest BCUT2D eigenvalue weighted by molar-refractivity contribution is -0.109. The summed E-state index contributed by atoms with van der Waals surface area (Å²) in [4.78, 5) is 4.32. The molecule has 0 aliphatic carbocycles. The van der Waals surface area contributed by atoms with Gasteiger partial charge in [0.25, 0.3) is 0 Å². The molecule has 2 aromatic rings. The van der Waals surface area contributed by atoms with E-state index in [0.717, 1.165) is 5.56 Å². The van der Waals surface area contributed by atoms with Crippen LogP contribution in [0, 0.1) is 0 Å². The van der Waals surface area contributed by atoms with Crippen molar-refractivity contribution < 1.29 is 19.0 Å². The summed E-state index contributed by atoms with van der Waals surface area (Å²) >= 11 is 0. The van der Waals surface area contributed by atoms with Crippen molar-refractivity contribution in [3.63, 3.8) is 0 Å². The third-order valence-electron chi connectivity index (χ3n) is 2.54. The first-order valence-electron chi connectivity index (χ1n) is 5.51. The van der Waals surface area contributed by atoms with E-state index in [1.807, 2.05) is 30.3 Å². The third-order valence-corrected chi connectivity index (χ3v) is 2.54. The molecule has 5 heteroatoms. The van der Waals surface area contributed by atoms with Crippen LogP contribution in [0.5, 0.6) is 0 Å². The van der Waals surface area contributed by atoms with Gasteiger partial charge in [-0.3, -0.25) is 0 Å². The molecule has 5 nitrogen and oxygen atoms in total. The Hall–Kier alpha value is -1.69. The summed E-state index contributed by atoms with van der Waals surface area (Å²) in [7, 11) is 3.01. The molecule has 1 aromatic heterocycles. The fourth-order valence-electron chi connectivity index (χ4n) is 1.68. The second kappa shape index (κ2) is 5.77. The van der Waals surface area contributed by atoms with E-state index in [4.69, 9.17) is 13.9 Å². The molecule has 0 spiro atoms. The number of benzene rings is 1. The smallest absolute Gasteiger partial charge is 0.226 e. The molecular formula is C13H15NO4. The van der Waals surface area contributed by atoms with Gasteiger partial charge in [0.1, 0.15) is 12.3 Å². The van der Waals surface area contributed by atoms with E-state index >= 15 is 0 Å². The van der Waals surface area contributed by atoms with Crippen molar-refractivity contribution >= 4 is 0 Å². The van der Waals surface area contributed by atoms with Crippen LogP contribution in [0.4, 0.5) is 0 Å². The SMILES string of the molecule is COC(OC)c1nc(-c2ccccc2)oc1CO. The van der Waals surface area contributed by atoms with Gasteiger partial charge in [-0.25, -0.2) is 4.98 Å². The number of hydrogen-bond donors (Lipinski definition) is 1. The van der Waals surface area contributed by atoms with Crippen LogP contribution >= 0.6 is 0 Å². The van der Waals surface area contributed by atoms with E-state index in [2.05, 4.69) is 4.98 Å². The van der Waals surface area contributed by atoms with E-state index in [-0.39, 0.29) is 6.61 Å². The Labute approximate surface area is 105 Å². The molecular weight excluding hydrogens is 234 g/mol. The molecule has 1 aromatic carbocycles. The molecule has 0 unspecified atom stereocenters. The minimum atomic E-state index is -0.645. The lowest BCUT2D eigenvalue weighted by Gasteiger charge is -2.10. The Bertz CT molecular complexity index is 491. The first-order chi connectivity index (χ1) is 8.80. The molecule has 18 heavy (non-hydrogen) atoms. The zero-order valence-electron chi connectivity index (χ0n) is 10.3. The van der Waals surface area contributed by atoms with Gasteiger partial charge < -0.3 is 19.0 Å². The highest BCUT2D eigenvalue weighted by Gasteiger charge is 2.21. The van der Waals surface area contributed by atoms with Gasteiger partial charge in [0, 0.05) is 19.8 Å². The van der Waals surface area contributed by atoms with Crippen LogP contribution in [-0.4, -0.2) is 24.3 Å². The molecule has 0 saturated carbocycles. The van der Waals surface area contributed by atoms with Crippen molar-refractivity contribution in [3.05, 3.63) is 41.8 Å². The van der Waals surface area contributed by atoms with Crippen LogP contribution in [0.3, 0.4) is 0 Å². The Morgan fingerprint density at radius 1 is 1.22 bits per heavy atom. The molecule has 0 amide bonds. The molecule has 0 saturated heterocycles. The largest absolute Gasteiger partial charge is 0.438 e. The molecule has 0 fully saturated rings. The zero-order valence-corrected chi connectivity index (χ0v) is 10.3. The summed E-state index contributed by atoms with van der Waals surface area (Å²) in [6, 6.07) is 9.45. The highest BCUT2D eigenvalue weighted by Crippen LogP contribution is 2.27. The summed E-state index contributed by atoms with van der Waals surface area (Å²) in [5, 5.41) is 9.27. The van der Waals surface area contributed by atoms with Gasteiger partial charge in [0.15, 0.2) is 5.76 Å². The molecule has 0 aliphatic heterocycles. The van der Waals surface area contributed by atoms with Crippen LogP contribution in [0.2, 0.25) is 0 Å². The van der Waals surface area contributed by atoms with Crippen LogP contribution in [0.1, 0.15) is 17.7 Å². The van der Waals surface area contributed by atoms with Crippen LogP contribution in [-0.2, 0) is 16.1 Å². The average molecular weight is 249 g/mol. The van der Waals surface area contributed by atoms with Crippen LogP contribution in [0.25, 0.3) is 11.5 Å². The molecule has 0 bridgehead atoms. The predicted octanol–water partition coefficient (Wildman–Crippen LogP) is 2.13. The summed E-state index contributed by atoms with van der Waals surface area (Å²) in [6.07, 6.45) is -0.645. The second-order valence-corrected chi connectivity index (χ2v) is 3.65. The number of rotatable bonds is 5. The maximum absolute atomic E-state index is 9.27. The van der Waals surface area contributed by atoms with Crippen molar-refractivity contribution in [3.8, 4) is 11.5 Å². The van der Waals surface area contributed by atoms with Crippen LogP contribution < -0.4 is 0 Å². The van der Waals surface area contributed by atoms with Gasteiger partial charge in [-0.15, -0.1) is 0 Å². The maximum Gasteiger partial charge on any atom is 0.226 e. The predicted molar refractivity (Wildman–Crippen MR) is 64.6 cm³/mol. The lowest BCUT2D eigenvalue weighted by atomic mass is 10.2. The number of ether oxygens (including phenoxy) is 2. The third kappa shape index (κ3) is 2.43. The van der Waals surface area contributed by atoms with Gasteiger partial charge in [-0.2, -0.15) is 0 Å². The molecule has 1 heterocycles. The number of methoxy groups -OCH3 is 2. The van der Waals surface area contributed by atoms with Gasteiger partial charge in [-0.05, 0) is 12.1 Å². The number of aliphatic hydroxyl groups is 1. The standard InChI is InChI=1S/C13H15NO4/c1-16-13(17-2)11-10(8-15)18-12(14-11)9-6-4-3-5-7-9/h3-7,13,15H,8H2,1-2H3. The van der Waals surface area contributed by atoms with E-state index in [1.54, 1.807) is 0 Å². The topological polar surface area (TPSA) is 64.7 Å². The van der Waals surface area contributed by atoms with Gasteiger partial charge in [-0.1, -0.05) is 18.2 Å². The Morgan fingerprint density at radius 2 is 1.89 bits per heavy atom. The quantitative estimate of drug-likeness (QED) is 0.822. The summed E-state index contributed by atoms with van der Waals surface area (Å²) in [5.41, 5.74) is 1.30. The van der Waals surface area contributed by atoms with Crippen LogP contribution in [0.15, 0.2) is 34.7 Å². The number of oxazole rings is 1. The van der Waals surface area contributed by atoms with E-state index in [1.165, 1.54) is 14.2 Å². The molecule has 96 valence electrons. The van der Waals surface area contributed by atoms with Crippen molar-refractivity contribution in [1.82, 2.24) is 4.98 Å². The number of hydrogen-bond acceptors (Lipinski definition) is 5. The second-order valence-electron chi connectivity index (χ2n) is 3.65. The van der Waals surface area contributed by atoms with E-state index < -0.39 is 6.29 Å². The molecule has 1 N–H and O–H groups in total. The van der Waals surface area contributed by atoms with E-state index in [0.29, 0.717) is 17.3 Å². The highest BCUT2D eigenvalue weighted by molar-refractivity contribution is 5.53. The molecule has 0 radical (unpaired) electrons. The van der Waals surface area contributed by atoms with E-state index in [9.17, 15) is 5.11 Å².